The van der Waals surface area contributed by atoms with Crippen LogP contribution in [0.5, 0.6) is 0 Å². The van der Waals surface area contributed by atoms with Gasteiger partial charge >= 0.3 is 6.09 Å². The summed E-state index contributed by atoms with van der Waals surface area (Å²) in [5.41, 5.74) is 0.553. The Morgan fingerprint density at radius 2 is 2.12 bits per heavy atom. The van der Waals surface area contributed by atoms with Crippen molar-refractivity contribution in [3.63, 3.8) is 0 Å². The molecule has 3 aliphatic heterocycles. The van der Waals surface area contributed by atoms with E-state index >= 15 is 0 Å². The largest absolute Gasteiger partial charge is 0.442 e. The first-order valence-electron chi connectivity index (χ1n) is 9.13. The van der Waals surface area contributed by atoms with Crippen LogP contribution in [-0.4, -0.2) is 85.5 Å². The van der Waals surface area contributed by atoms with Crippen LogP contribution < -0.4 is 4.90 Å². The van der Waals surface area contributed by atoms with E-state index in [-0.39, 0.29) is 18.2 Å². The molecule has 3 fully saturated rings. The summed E-state index contributed by atoms with van der Waals surface area (Å²) >= 11 is 0. The normalized spacial score (nSPS) is 25.9. The van der Waals surface area contributed by atoms with Crippen LogP contribution in [-0.2, 0) is 9.47 Å². The number of nitriles is 1. The molecule has 2 atom stereocenters. The molecule has 3 saturated heterocycles. The van der Waals surface area contributed by atoms with Crippen molar-refractivity contribution in [3.8, 4) is 6.07 Å². The van der Waals surface area contributed by atoms with E-state index in [9.17, 15) is 10.1 Å². The molecule has 26 heavy (non-hydrogen) atoms. The van der Waals surface area contributed by atoms with E-state index in [0.29, 0.717) is 31.0 Å². The third-order valence-electron chi connectivity index (χ3n) is 5.31. The first kappa shape index (κ1) is 17.1. The molecule has 0 unspecified atom stereocenters. The van der Waals surface area contributed by atoms with Gasteiger partial charge in [-0.2, -0.15) is 5.26 Å². The summed E-state index contributed by atoms with van der Waals surface area (Å²) in [5.74, 6) is 0.675. The number of amides is 1. The minimum atomic E-state index is -0.219. The number of aromatic nitrogens is 1. The standard InChI is InChI=1S/C18H23N5O3/c19-11-14-3-1-4-20-17(14)22-12-15-16(13-22)26-18(24)23(15)6-2-5-21-7-9-25-10-8-21/h1,3-4,15-16H,2,5-10,12-13H2/t15-,16+/m0/s1. The summed E-state index contributed by atoms with van der Waals surface area (Å²) in [4.78, 5) is 22.8. The number of hydrogen-bond acceptors (Lipinski definition) is 7. The lowest BCUT2D eigenvalue weighted by atomic mass is 10.2. The average Bonchev–Trinajstić information content (AvgIpc) is 3.20. The minimum Gasteiger partial charge on any atom is -0.442 e. The highest BCUT2D eigenvalue weighted by atomic mass is 16.6. The van der Waals surface area contributed by atoms with Gasteiger partial charge < -0.3 is 14.4 Å². The van der Waals surface area contributed by atoms with Crippen molar-refractivity contribution in [1.29, 1.82) is 5.26 Å². The van der Waals surface area contributed by atoms with Crippen LogP contribution in [0.15, 0.2) is 18.3 Å². The molecule has 0 bridgehead atoms. The molecule has 1 aromatic rings. The number of hydrogen-bond donors (Lipinski definition) is 0. The van der Waals surface area contributed by atoms with E-state index in [1.165, 1.54) is 0 Å². The number of carbonyl (C=O) groups excluding carboxylic acids is 1. The van der Waals surface area contributed by atoms with Crippen LogP contribution in [0, 0.1) is 11.3 Å². The molecule has 0 saturated carbocycles. The number of fused-ring (bicyclic) bond motifs is 1. The Kier molecular flexibility index (Phi) is 4.91. The lowest BCUT2D eigenvalue weighted by molar-refractivity contribution is 0.0363. The van der Waals surface area contributed by atoms with Gasteiger partial charge in [0.15, 0.2) is 0 Å². The Morgan fingerprint density at radius 3 is 2.92 bits per heavy atom. The summed E-state index contributed by atoms with van der Waals surface area (Å²) in [6.07, 6.45) is 2.24. The molecule has 8 nitrogen and oxygen atoms in total. The maximum absolute atomic E-state index is 12.2. The fourth-order valence-electron chi connectivity index (χ4n) is 3.96. The Bertz CT molecular complexity index is 700. The molecular weight excluding hydrogens is 334 g/mol. The molecule has 0 spiro atoms. The van der Waals surface area contributed by atoms with Crippen LogP contribution in [0.4, 0.5) is 10.6 Å². The zero-order valence-corrected chi connectivity index (χ0v) is 14.7. The number of pyridine rings is 1. The van der Waals surface area contributed by atoms with Gasteiger partial charge in [-0.05, 0) is 18.6 Å². The van der Waals surface area contributed by atoms with E-state index in [4.69, 9.17) is 9.47 Å². The van der Waals surface area contributed by atoms with Gasteiger partial charge in [-0.15, -0.1) is 0 Å². The van der Waals surface area contributed by atoms with E-state index in [2.05, 4.69) is 20.9 Å². The second-order valence-electron chi connectivity index (χ2n) is 6.88. The highest BCUT2D eigenvalue weighted by molar-refractivity contribution is 5.72. The monoisotopic (exact) mass is 357 g/mol. The molecule has 4 rings (SSSR count). The molecule has 0 aromatic carbocycles. The summed E-state index contributed by atoms with van der Waals surface area (Å²) in [6, 6.07) is 5.74. The molecule has 4 heterocycles. The molecule has 8 heteroatoms. The fourth-order valence-corrected chi connectivity index (χ4v) is 3.96. The van der Waals surface area contributed by atoms with Gasteiger partial charge in [-0.3, -0.25) is 9.80 Å². The Morgan fingerprint density at radius 1 is 1.27 bits per heavy atom. The quantitative estimate of drug-likeness (QED) is 0.766. The molecule has 138 valence electrons. The molecule has 1 aromatic heterocycles. The Labute approximate surface area is 152 Å². The van der Waals surface area contributed by atoms with Crippen LogP contribution in [0.2, 0.25) is 0 Å². The molecule has 3 aliphatic rings. The van der Waals surface area contributed by atoms with Crippen molar-refractivity contribution in [2.75, 3.05) is 57.4 Å². The highest BCUT2D eigenvalue weighted by Crippen LogP contribution is 2.30. The maximum Gasteiger partial charge on any atom is 0.410 e. The zero-order chi connectivity index (χ0) is 17.9. The highest BCUT2D eigenvalue weighted by Gasteiger charge is 2.48. The summed E-state index contributed by atoms with van der Waals surface area (Å²) in [6.45, 7) is 6.39. The van der Waals surface area contributed by atoms with Gasteiger partial charge in [0.2, 0.25) is 0 Å². The van der Waals surface area contributed by atoms with Crippen LogP contribution in [0.1, 0.15) is 12.0 Å². The smallest absolute Gasteiger partial charge is 0.410 e. The van der Waals surface area contributed by atoms with Gasteiger partial charge in [-0.25, -0.2) is 9.78 Å². The van der Waals surface area contributed by atoms with Gasteiger partial charge in [0, 0.05) is 38.9 Å². The molecule has 0 N–H and O–H groups in total. The minimum absolute atomic E-state index is 0.0285. The number of ether oxygens (including phenoxy) is 2. The topological polar surface area (TPSA) is 81.9 Å². The van der Waals surface area contributed by atoms with E-state index in [1.807, 2.05) is 4.90 Å². The van der Waals surface area contributed by atoms with Gasteiger partial charge in [0.25, 0.3) is 0 Å². The second-order valence-corrected chi connectivity index (χ2v) is 6.88. The van der Waals surface area contributed by atoms with Gasteiger partial charge in [-0.1, -0.05) is 0 Å². The van der Waals surface area contributed by atoms with Crippen molar-refractivity contribution in [2.45, 2.75) is 18.6 Å². The van der Waals surface area contributed by atoms with Crippen molar-refractivity contribution in [2.24, 2.45) is 0 Å². The van der Waals surface area contributed by atoms with Gasteiger partial charge in [0.05, 0.1) is 31.4 Å². The Balaban J connectivity index is 1.36. The van der Waals surface area contributed by atoms with E-state index < -0.39 is 0 Å². The average molecular weight is 357 g/mol. The second kappa shape index (κ2) is 7.48. The number of anilines is 1. The number of morpholine rings is 1. The lowest BCUT2D eigenvalue weighted by Gasteiger charge is -2.28. The predicted molar refractivity (Wildman–Crippen MR) is 93.8 cm³/mol. The van der Waals surface area contributed by atoms with Crippen LogP contribution in [0.3, 0.4) is 0 Å². The SMILES string of the molecule is N#Cc1cccnc1N1C[C@H]2OC(=O)N(CCCN3CCOCC3)[C@H]2C1. The van der Waals surface area contributed by atoms with Crippen molar-refractivity contribution >= 4 is 11.9 Å². The predicted octanol–water partition coefficient (Wildman–Crippen LogP) is 0.685. The number of carbonyl (C=O) groups is 1. The van der Waals surface area contributed by atoms with Crippen molar-refractivity contribution in [3.05, 3.63) is 23.9 Å². The third kappa shape index (κ3) is 3.32. The van der Waals surface area contributed by atoms with Crippen LogP contribution >= 0.6 is 0 Å². The first-order valence-corrected chi connectivity index (χ1v) is 9.13. The summed E-state index contributed by atoms with van der Waals surface area (Å²) < 4.78 is 10.9. The molecule has 0 radical (unpaired) electrons. The zero-order valence-electron chi connectivity index (χ0n) is 14.7. The molecule has 0 aliphatic carbocycles. The molecule has 1 amide bonds. The van der Waals surface area contributed by atoms with E-state index in [0.717, 1.165) is 39.3 Å². The molecular formula is C18H23N5O3. The number of rotatable bonds is 5. The Hall–Kier alpha value is -2.37. The van der Waals surface area contributed by atoms with Crippen LogP contribution in [0.25, 0.3) is 0 Å². The van der Waals surface area contributed by atoms with Crippen molar-refractivity contribution in [1.82, 2.24) is 14.8 Å². The number of nitrogens with zero attached hydrogens (tertiary/aromatic N) is 5. The summed E-state index contributed by atoms with van der Waals surface area (Å²) in [5, 5.41) is 9.29. The van der Waals surface area contributed by atoms with Gasteiger partial charge in [0.1, 0.15) is 18.0 Å². The first-order chi connectivity index (χ1) is 12.8. The third-order valence-corrected chi connectivity index (χ3v) is 5.31. The maximum atomic E-state index is 12.2. The van der Waals surface area contributed by atoms with Crippen molar-refractivity contribution < 1.29 is 14.3 Å². The fraction of sp³-hybridized carbons (Fsp3) is 0.611. The summed E-state index contributed by atoms with van der Waals surface area (Å²) in [7, 11) is 0. The van der Waals surface area contributed by atoms with E-state index in [1.54, 1.807) is 18.3 Å². The lowest BCUT2D eigenvalue weighted by Crippen LogP contribution is -2.41.